The van der Waals surface area contributed by atoms with E-state index < -0.39 is 0 Å². The SMILES string of the molecule is CCC(C)Sc1nccnc1CN. The fraction of sp³-hybridized carbons (Fsp3) is 0.556. The zero-order valence-corrected chi connectivity index (χ0v) is 8.84. The molecule has 2 N–H and O–H groups in total. The molecule has 0 spiro atoms. The summed E-state index contributed by atoms with van der Waals surface area (Å²) < 4.78 is 0. The molecule has 0 fully saturated rings. The highest BCUT2D eigenvalue weighted by atomic mass is 32.2. The molecule has 0 amide bonds. The summed E-state index contributed by atoms with van der Waals surface area (Å²) >= 11 is 1.74. The van der Waals surface area contributed by atoms with E-state index in [4.69, 9.17) is 5.73 Å². The van der Waals surface area contributed by atoms with Gasteiger partial charge in [0.1, 0.15) is 5.03 Å². The van der Waals surface area contributed by atoms with Gasteiger partial charge in [0.2, 0.25) is 0 Å². The van der Waals surface area contributed by atoms with E-state index in [1.165, 1.54) is 0 Å². The Morgan fingerprint density at radius 3 is 2.77 bits per heavy atom. The predicted octanol–water partition coefficient (Wildman–Crippen LogP) is 1.83. The van der Waals surface area contributed by atoms with Crippen LogP contribution in [0, 0.1) is 0 Å². The van der Waals surface area contributed by atoms with Crippen molar-refractivity contribution in [2.45, 2.75) is 37.1 Å². The topological polar surface area (TPSA) is 51.8 Å². The molecule has 0 aliphatic carbocycles. The molecule has 1 atom stereocenters. The van der Waals surface area contributed by atoms with Gasteiger partial charge < -0.3 is 5.73 Å². The van der Waals surface area contributed by atoms with Crippen LogP contribution in [0.15, 0.2) is 17.4 Å². The van der Waals surface area contributed by atoms with Gasteiger partial charge in [-0.2, -0.15) is 0 Å². The van der Waals surface area contributed by atoms with Crippen LogP contribution in [0.4, 0.5) is 0 Å². The third-order valence-electron chi connectivity index (χ3n) is 1.82. The third-order valence-corrected chi connectivity index (χ3v) is 3.12. The molecule has 13 heavy (non-hydrogen) atoms. The van der Waals surface area contributed by atoms with Crippen LogP contribution in [0.1, 0.15) is 26.0 Å². The van der Waals surface area contributed by atoms with Crippen molar-refractivity contribution in [2.24, 2.45) is 5.73 Å². The van der Waals surface area contributed by atoms with Gasteiger partial charge in [-0.15, -0.1) is 11.8 Å². The molecule has 0 saturated heterocycles. The molecular weight excluding hydrogens is 182 g/mol. The minimum atomic E-state index is 0.465. The van der Waals surface area contributed by atoms with E-state index in [9.17, 15) is 0 Å². The summed E-state index contributed by atoms with van der Waals surface area (Å²) in [6.45, 7) is 4.81. The van der Waals surface area contributed by atoms with Gasteiger partial charge in [0.15, 0.2) is 0 Å². The molecule has 0 aromatic carbocycles. The largest absolute Gasteiger partial charge is 0.325 e. The van der Waals surface area contributed by atoms with E-state index >= 15 is 0 Å². The second-order valence-corrected chi connectivity index (χ2v) is 4.28. The highest BCUT2D eigenvalue weighted by Crippen LogP contribution is 2.24. The number of thioether (sulfide) groups is 1. The van der Waals surface area contributed by atoms with Crippen molar-refractivity contribution in [3.05, 3.63) is 18.1 Å². The minimum Gasteiger partial charge on any atom is -0.325 e. The monoisotopic (exact) mass is 197 g/mol. The molecule has 1 rings (SSSR count). The number of hydrogen-bond acceptors (Lipinski definition) is 4. The zero-order valence-electron chi connectivity index (χ0n) is 8.03. The fourth-order valence-corrected chi connectivity index (χ4v) is 1.81. The normalized spacial score (nSPS) is 12.8. The predicted molar refractivity (Wildman–Crippen MR) is 55.5 cm³/mol. The fourth-order valence-electron chi connectivity index (χ4n) is 0.866. The lowest BCUT2D eigenvalue weighted by Gasteiger charge is -2.09. The number of hydrogen-bond donors (Lipinski definition) is 1. The lowest BCUT2D eigenvalue weighted by molar-refractivity contribution is 0.864. The summed E-state index contributed by atoms with van der Waals surface area (Å²) in [4.78, 5) is 8.43. The van der Waals surface area contributed by atoms with E-state index in [0.29, 0.717) is 11.8 Å². The summed E-state index contributed by atoms with van der Waals surface area (Å²) in [7, 11) is 0. The van der Waals surface area contributed by atoms with Crippen molar-refractivity contribution in [1.29, 1.82) is 0 Å². The third kappa shape index (κ3) is 2.97. The average Bonchev–Trinajstić information content (AvgIpc) is 2.18. The lowest BCUT2D eigenvalue weighted by atomic mass is 10.4. The maximum absolute atomic E-state index is 5.55. The van der Waals surface area contributed by atoms with Gasteiger partial charge >= 0.3 is 0 Å². The molecule has 4 heteroatoms. The Kier molecular flexibility index (Phi) is 4.18. The van der Waals surface area contributed by atoms with Crippen LogP contribution >= 0.6 is 11.8 Å². The van der Waals surface area contributed by atoms with E-state index in [1.807, 2.05) is 0 Å². The second-order valence-electron chi connectivity index (χ2n) is 2.85. The Morgan fingerprint density at radius 2 is 2.15 bits per heavy atom. The van der Waals surface area contributed by atoms with Crippen molar-refractivity contribution in [3.63, 3.8) is 0 Å². The quantitative estimate of drug-likeness (QED) is 0.748. The molecule has 1 aromatic rings. The molecule has 0 bridgehead atoms. The summed E-state index contributed by atoms with van der Waals surface area (Å²) in [5, 5.41) is 1.54. The van der Waals surface area contributed by atoms with Gasteiger partial charge in [-0.05, 0) is 6.42 Å². The Morgan fingerprint density at radius 1 is 1.46 bits per heavy atom. The molecule has 1 heterocycles. The van der Waals surface area contributed by atoms with Gasteiger partial charge in [0, 0.05) is 24.2 Å². The van der Waals surface area contributed by atoms with E-state index in [2.05, 4.69) is 23.8 Å². The van der Waals surface area contributed by atoms with Gasteiger partial charge in [0.25, 0.3) is 0 Å². The van der Waals surface area contributed by atoms with Crippen LogP contribution in [0.3, 0.4) is 0 Å². The maximum Gasteiger partial charge on any atom is 0.119 e. The molecule has 0 aliphatic heterocycles. The van der Waals surface area contributed by atoms with Crippen LogP contribution in [-0.2, 0) is 6.54 Å². The van der Waals surface area contributed by atoms with E-state index in [0.717, 1.165) is 17.1 Å². The number of nitrogens with two attached hydrogens (primary N) is 1. The van der Waals surface area contributed by atoms with Gasteiger partial charge in [-0.3, -0.25) is 4.98 Å². The molecule has 0 radical (unpaired) electrons. The highest BCUT2D eigenvalue weighted by Gasteiger charge is 2.07. The minimum absolute atomic E-state index is 0.465. The van der Waals surface area contributed by atoms with Gasteiger partial charge in [-0.1, -0.05) is 13.8 Å². The van der Waals surface area contributed by atoms with Crippen LogP contribution in [-0.4, -0.2) is 15.2 Å². The summed E-state index contributed by atoms with van der Waals surface area (Å²) in [6.07, 6.45) is 4.53. The first-order valence-corrected chi connectivity index (χ1v) is 5.32. The summed E-state index contributed by atoms with van der Waals surface area (Å²) in [5.41, 5.74) is 6.45. The van der Waals surface area contributed by atoms with Crippen LogP contribution < -0.4 is 5.73 Å². The first-order chi connectivity index (χ1) is 6.27. The summed E-state index contributed by atoms with van der Waals surface area (Å²) in [6, 6.07) is 0. The smallest absolute Gasteiger partial charge is 0.119 e. The standard InChI is InChI=1S/C9H15N3S/c1-3-7(2)13-9-8(6-10)11-4-5-12-9/h4-5,7H,3,6,10H2,1-2H3. The first-order valence-electron chi connectivity index (χ1n) is 4.44. The van der Waals surface area contributed by atoms with Crippen LogP contribution in [0.25, 0.3) is 0 Å². The number of rotatable bonds is 4. The molecule has 3 nitrogen and oxygen atoms in total. The number of aromatic nitrogens is 2. The van der Waals surface area contributed by atoms with Crippen molar-refractivity contribution >= 4 is 11.8 Å². The molecule has 1 aromatic heterocycles. The Balaban J connectivity index is 2.74. The van der Waals surface area contributed by atoms with Crippen LogP contribution in [0.2, 0.25) is 0 Å². The molecule has 0 saturated carbocycles. The zero-order chi connectivity index (χ0) is 9.68. The first kappa shape index (κ1) is 10.5. The summed E-state index contributed by atoms with van der Waals surface area (Å²) in [5.74, 6) is 0. The molecule has 0 aliphatic rings. The van der Waals surface area contributed by atoms with E-state index in [-0.39, 0.29) is 0 Å². The van der Waals surface area contributed by atoms with Crippen molar-refractivity contribution < 1.29 is 0 Å². The Labute approximate surface area is 83.2 Å². The molecule has 1 unspecified atom stereocenters. The lowest BCUT2D eigenvalue weighted by Crippen LogP contribution is -2.04. The average molecular weight is 197 g/mol. The maximum atomic E-state index is 5.55. The van der Waals surface area contributed by atoms with Crippen molar-refractivity contribution in [3.8, 4) is 0 Å². The van der Waals surface area contributed by atoms with E-state index in [1.54, 1.807) is 24.2 Å². The van der Waals surface area contributed by atoms with Crippen molar-refractivity contribution in [2.75, 3.05) is 0 Å². The van der Waals surface area contributed by atoms with Gasteiger partial charge in [-0.25, -0.2) is 4.98 Å². The Hall–Kier alpha value is -0.610. The van der Waals surface area contributed by atoms with Crippen LogP contribution in [0.5, 0.6) is 0 Å². The molecule has 72 valence electrons. The number of nitrogens with zero attached hydrogens (tertiary/aromatic N) is 2. The Bertz CT molecular complexity index is 265. The van der Waals surface area contributed by atoms with Crippen molar-refractivity contribution in [1.82, 2.24) is 9.97 Å². The molecular formula is C9H15N3S. The highest BCUT2D eigenvalue weighted by molar-refractivity contribution is 7.99. The second kappa shape index (κ2) is 5.19. The van der Waals surface area contributed by atoms with Gasteiger partial charge in [0.05, 0.1) is 5.69 Å².